The Bertz CT molecular complexity index is 127. The van der Waals surface area contributed by atoms with Crippen LogP contribution < -0.4 is 0 Å². The summed E-state index contributed by atoms with van der Waals surface area (Å²) in [6.07, 6.45) is -0.416. The number of halogens is 1. The number of hydrogen-bond donors (Lipinski definition) is 0. The third-order valence-electron chi connectivity index (χ3n) is 1.39. The third-order valence-corrected chi connectivity index (χ3v) is 1.39. The van der Waals surface area contributed by atoms with E-state index >= 15 is 0 Å². The van der Waals surface area contributed by atoms with Crippen molar-refractivity contribution in [3.8, 4) is 6.07 Å². The molecule has 0 saturated heterocycles. The Morgan fingerprint density at radius 1 is 2.00 bits per heavy atom. The lowest BCUT2D eigenvalue weighted by Crippen LogP contribution is -1.90. The summed E-state index contributed by atoms with van der Waals surface area (Å²) in [5.41, 5.74) is -0.611. The summed E-state index contributed by atoms with van der Waals surface area (Å²) in [6, 6.07) is 1.89. The van der Waals surface area contributed by atoms with E-state index in [0.717, 1.165) is 0 Å². The van der Waals surface area contributed by atoms with E-state index < -0.39 is 11.6 Å². The Hall–Kier alpha value is -0.580. The fourth-order valence-corrected chi connectivity index (χ4v) is 0.429. The van der Waals surface area contributed by atoms with Crippen LogP contribution in [0.4, 0.5) is 4.39 Å². The van der Waals surface area contributed by atoms with E-state index in [9.17, 15) is 4.39 Å². The monoisotopic (exact) mass is 99.0 g/mol. The van der Waals surface area contributed by atoms with Crippen molar-refractivity contribution in [3.63, 3.8) is 0 Å². The smallest absolute Gasteiger partial charge is 0.120 e. The summed E-state index contributed by atoms with van der Waals surface area (Å²) in [4.78, 5) is 0. The molecule has 0 aromatic carbocycles. The van der Waals surface area contributed by atoms with Gasteiger partial charge in [0.15, 0.2) is 0 Å². The molecule has 0 N–H and O–H groups in total. The Kier molecular flexibility index (Phi) is 0.637. The Balaban J connectivity index is 2.57. The number of hydrogen-bond acceptors (Lipinski definition) is 1. The Morgan fingerprint density at radius 3 is 2.43 bits per heavy atom. The number of nitriles is 1. The highest BCUT2D eigenvalue weighted by Crippen LogP contribution is 2.47. The van der Waals surface area contributed by atoms with Crippen LogP contribution >= 0.6 is 0 Å². The maximum atomic E-state index is 11.9. The van der Waals surface area contributed by atoms with Crippen molar-refractivity contribution in [1.82, 2.24) is 0 Å². The SMILES string of the molecule is CC1(C#N)CC1F. The van der Waals surface area contributed by atoms with Gasteiger partial charge in [-0.3, -0.25) is 0 Å². The van der Waals surface area contributed by atoms with Crippen LogP contribution in [0.25, 0.3) is 0 Å². The van der Waals surface area contributed by atoms with Crippen LogP contribution in [-0.4, -0.2) is 6.17 Å². The minimum absolute atomic E-state index is 0.434. The average Bonchev–Trinajstić information content (AvgIpc) is 2.18. The summed E-state index contributed by atoms with van der Waals surface area (Å²) in [5.74, 6) is 0. The third kappa shape index (κ3) is 0.486. The summed E-state index contributed by atoms with van der Waals surface area (Å²) in [6.45, 7) is 1.64. The molecule has 0 amide bonds. The van der Waals surface area contributed by atoms with Gasteiger partial charge in [-0.25, -0.2) is 4.39 Å². The van der Waals surface area contributed by atoms with Crippen molar-refractivity contribution in [2.45, 2.75) is 19.5 Å². The lowest BCUT2D eigenvalue weighted by Gasteiger charge is -1.85. The first-order valence-corrected chi connectivity index (χ1v) is 2.24. The minimum Gasteiger partial charge on any atom is -0.246 e. The lowest BCUT2D eigenvalue weighted by atomic mass is 10.2. The number of rotatable bonds is 0. The summed E-state index contributed by atoms with van der Waals surface area (Å²) < 4.78 is 11.9. The molecular formula is C5H6FN. The second kappa shape index (κ2) is 0.975. The molecule has 2 heteroatoms. The van der Waals surface area contributed by atoms with Gasteiger partial charge in [-0.2, -0.15) is 5.26 Å². The van der Waals surface area contributed by atoms with Crippen LogP contribution in [0.15, 0.2) is 0 Å². The molecule has 7 heavy (non-hydrogen) atoms. The number of alkyl halides is 1. The molecule has 1 saturated carbocycles. The first kappa shape index (κ1) is 4.58. The zero-order chi connectivity index (χ0) is 5.49. The summed E-state index contributed by atoms with van der Waals surface area (Å²) in [7, 11) is 0. The first-order valence-electron chi connectivity index (χ1n) is 2.24. The van der Waals surface area contributed by atoms with E-state index in [4.69, 9.17) is 5.26 Å². The first-order chi connectivity index (χ1) is 3.19. The van der Waals surface area contributed by atoms with E-state index in [1.54, 1.807) is 6.92 Å². The molecule has 1 rings (SSSR count). The summed E-state index contributed by atoms with van der Waals surface area (Å²) in [5, 5.41) is 8.15. The predicted octanol–water partition coefficient (Wildman–Crippen LogP) is 1.26. The van der Waals surface area contributed by atoms with Gasteiger partial charge in [-0.05, 0) is 6.92 Å². The predicted molar refractivity (Wildman–Crippen MR) is 23.2 cm³/mol. The largest absolute Gasteiger partial charge is 0.246 e. The van der Waals surface area contributed by atoms with Gasteiger partial charge in [0.1, 0.15) is 6.17 Å². The van der Waals surface area contributed by atoms with E-state index in [2.05, 4.69) is 0 Å². The maximum absolute atomic E-state index is 11.9. The van der Waals surface area contributed by atoms with Gasteiger partial charge >= 0.3 is 0 Å². The van der Waals surface area contributed by atoms with Gasteiger partial charge in [0, 0.05) is 6.42 Å². The molecule has 1 fully saturated rings. The van der Waals surface area contributed by atoms with Crippen LogP contribution in [-0.2, 0) is 0 Å². The molecule has 0 aromatic heterocycles. The molecule has 0 radical (unpaired) electrons. The molecule has 0 heterocycles. The fourth-order valence-electron chi connectivity index (χ4n) is 0.429. The molecule has 0 spiro atoms. The standard InChI is InChI=1S/C5H6FN/c1-5(3-7)2-4(5)6/h4H,2H2,1H3. The van der Waals surface area contributed by atoms with Crippen LogP contribution in [0, 0.1) is 16.7 Å². The van der Waals surface area contributed by atoms with Crippen LogP contribution in [0.3, 0.4) is 0 Å². The molecule has 0 aliphatic heterocycles. The van der Waals surface area contributed by atoms with Crippen LogP contribution in [0.1, 0.15) is 13.3 Å². The molecule has 1 aliphatic carbocycles. The highest BCUT2D eigenvalue weighted by Gasteiger charge is 2.51. The topological polar surface area (TPSA) is 23.8 Å². The zero-order valence-corrected chi connectivity index (χ0v) is 4.11. The van der Waals surface area contributed by atoms with Gasteiger partial charge in [0.2, 0.25) is 0 Å². The Labute approximate surface area is 41.8 Å². The van der Waals surface area contributed by atoms with E-state index in [1.165, 1.54) is 0 Å². The van der Waals surface area contributed by atoms with Crippen molar-refractivity contribution >= 4 is 0 Å². The van der Waals surface area contributed by atoms with E-state index in [0.29, 0.717) is 6.42 Å². The van der Waals surface area contributed by atoms with Gasteiger partial charge in [0.05, 0.1) is 11.5 Å². The van der Waals surface area contributed by atoms with Crippen molar-refractivity contribution in [2.75, 3.05) is 0 Å². The molecule has 1 nitrogen and oxygen atoms in total. The van der Waals surface area contributed by atoms with Crippen molar-refractivity contribution < 1.29 is 4.39 Å². The lowest BCUT2D eigenvalue weighted by molar-refractivity contribution is 0.424. The maximum Gasteiger partial charge on any atom is 0.120 e. The van der Waals surface area contributed by atoms with Crippen LogP contribution in [0.2, 0.25) is 0 Å². The van der Waals surface area contributed by atoms with Gasteiger partial charge in [-0.1, -0.05) is 0 Å². The van der Waals surface area contributed by atoms with Crippen LogP contribution in [0.5, 0.6) is 0 Å². The highest BCUT2D eigenvalue weighted by atomic mass is 19.1. The zero-order valence-electron chi connectivity index (χ0n) is 4.11. The molecule has 0 aromatic rings. The van der Waals surface area contributed by atoms with Crippen molar-refractivity contribution in [2.24, 2.45) is 5.41 Å². The highest BCUT2D eigenvalue weighted by molar-refractivity contribution is 5.14. The fraction of sp³-hybridized carbons (Fsp3) is 0.800. The van der Waals surface area contributed by atoms with E-state index in [1.807, 2.05) is 6.07 Å². The molecule has 1 aliphatic rings. The molecular weight excluding hydrogens is 93.1 g/mol. The quantitative estimate of drug-likeness (QED) is 0.448. The van der Waals surface area contributed by atoms with Gasteiger partial charge in [-0.15, -0.1) is 0 Å². The minimum atomic E-state index is -0.850. The normalized spacial score (nSPS) is 47.9. The van der Waals surface area contributed by atoms with Gasteiger partial charge < -0.3 is 0 Å². The van der Waals surface area contributed by atoms with Gasteiger partial charge in [0.25, 0.3) is 0 Å². The number of nitrogens with zero attached hydrogens (tertiary/aromatic N) is 1. The molecule has 0 bridgehead atoms. The molecule has 38 valence electrons. The summed E-state index contributed by atoms with van der Waals surface area (Å²) >= 11 is 0. The van der Waals surface area contributed by atoms with E-state index in [-0.39, 0.29) is 0 Å². The van der Waals surface area contributed by atoms with Crippen molar-refractivity contribution in [3.05, 3.63) is 0 Å². The Morgan fingerprint density at radius 2 is 2.43 bits per heavy atom. The second-order valence-corrected chi connectivity index (χ2v) is 2.20. The molecule has 2 unspecified atom stereocenters. The average molecular weight is 99.1 g/mol. The van der Waals surface area contributed by atoms with Crippen molar-refractivity contribution in [1.29, 1.82) is 5.26 Å². The second-order valence-electron chi connectivity index (χ2n) is 2.20. The molecule has 2 atom stereocenters.